The van der Waals surface area contributed by atoms with Gasteiger partial charge in [-0.3, -0.25) is 4.79 Å². The molecule has 1 aliphatic rings. The van der Waals surface area contributed by atoms with Crippen LogP contribution in [0.4, 0.5) is 5.69 Å². The molecular weight excluding hydrogens is 472 g/mol. The van der Waals surface area contributed by atoms with Gasteiger partial charge in [-0.1, -0.05) is 18.5 Å². The van der Waals surface area contributed by atoms with Crippen LogP contribution in [-0.2, 0) is 14.8 Å². The molecule has 0 atom stereocenters. The average molecular weight is 499 g/mol. The van der Waals surface area contributed by atoms with Crippen molar-refractivity contribution in [1.29, 1.82) is 0 Å². The van der Waals surface area contributed by atoms with Crippen molar-refractivity contribution in [1.82, 2.24) is 4.31 Å². The van der Waals surface area contributed by atoms with Crippen molar-refractivity contribution in [2.75, 3.05) is 52.4 Å². The first kappa shape index (κ1) is 25.1. The Hall–Kier alpha value is -2.53. The van der Waals surface area contributed by atoms with Crippen LogP contribution in [-0.4, -0.2) is 65.8 Å². The highest BCUT2D eigenvalue weighted by molar-refractivity contribution is 7.89. The highest BCUT2D eigenvalue weighted by Crippen LogP contribution is 2.37. The zero-order valence-electron chi connectivity index (χ0n) is 18.7. The fourth-order valence-corrected chi connectivity index (χ4v) is 4.97. The average Bonchev–Trinajstić information content (AvgIpc) is 2.83. The highest BCUT2D eigenvalue weighted by Gasteiger charge is 2.27. The summed E-state index contributed by atoms with van der Waals surface area (Å²) in [6.07, 6.45) is 0.783. The number of morpholine rings is 1. The normalized spacial score (nSPS) is 14.5. The first-order valence-corrected chi connectivity index (χ1v) is 12.2. The lowest BCUT2D eigenvalue weighted by molar-refractivity contribution is 0.0730. The first-order chi connectivity index (χ1) is 15.8. The fraction of sp³-hybridized carbons (Fsp3) is 0.409. The van der Waals surface area contributed by atoms with Gasteiger partial charge in [-0.2, -0.15) is 4.31 Å². The molecule has 2 aromatic carbocycles. The van der Waals surface area contributed by atoms with Gasteiger partial charge in [0.05, 0.1) is 49.6 Å². The number of sulfonamides is 1. The van der Waals surface area contributed by atoms with Gasteiger partial charge >= 0.3 is 0 Å². The molecule has 11 heteroatoms. The maximum Gasteiger partial charge on any atom is 0.255 e. The largest absolute Gasteiger partial charge is 0.495 e. The number of nitrogens with zero attached hydrogens (tertiary/aromatic N) is 1. The molecule has 33 heavy (non-hydrogen) atoms. The summed E-state index contributed by atoms with van der Waals surface area (Å²) in [5, 5.41) is 2.93. The summed E-state index contributed by atoms with van der Waals surface area (Å²) < 4.78 is 48.9. The van der Waals surface area contributed by atoms with Crippen molar-refractivity contribution < 1.29 is 32.2 Å². The van der Waals surface area contributed by atoms with Crippen molar-refractivity contribution in [3.8, 4) is 17.2 Å². The number of ether oxygens (including phenoxy) is 4. The summed E-state index contributed by atoms with van der Waals surface area (Å²) in [6, 6.07) is 7.29. The van der Waals surface area contributed by atoms with E-state index in [0.29, 0.717) is 37.1 Å². The van der Waals surface area contributed by atoms with E-state index in [-0.39, 0.29) is 34.3 Å². The van der Waals surface area contributed by atoms with Gasteiger partial charge in [0.1, 0.15) is 5.75 Å². The zero-order chi connectivity index (χ0) is 24.0. The predicted molar refractivity (Wildman–Crippen MR) is 124 cm³/mol. The molecule has 1 heterocycles. The molecule has 0 spiro atoms. The standard InChI is InChI=1S/C22H27ClN2O7S/c1-4-9-32-21-17(23)12-15(13-20(21)30-3)22(26)24-18-14-16(5-6-19(18)29-2)33(27,28)25-7-10-31-11-8-25/h5-6,12-14H,4,7-11H2,1-3H3,(H,24,26). The molecule has 1 fully saturated rings. The van der Waals surface area contributed by atoms with Crippen LogP contribution in [0.3, 0.4) is 0 Å². The molecule has 0 aliphatic carbocycles. The van der Waals surface area contributed by atoms with Crippen molar-refractivity contribution in [2.45, 2.75) is 18.2 Å². The van der Waals surface area contributed by atoms with Gasteiger partial charge in [0.25, 0.3) is 5.91 Å². The molecule has 1 amide bonds. The maximum absolute atomic E-state index is 13.0. The quantitative estimate of drug-likeness (QED) is 0.565. The molecule has 180 valence electrons. The van der Waals surface area contributed by atoms with Gasteiger partial charge in [-0.15, -0.1) is 0 Å². The van der Waals surface area contributed by atoms with Gasteiger partial charge in [0.2, 0.25) is 10.0 Å². The number of hydrogen-bond donors (Lipinski definition) is 1. The number of anilines is 1. The van der Waals surface area contributed by atoms with E-state index in [9.17, 15) is 13.2 Å². The molecule has 1 saturated heterocycles. The third kappa shape index (κ3) is 5.70. The topological polar surface area (TPSA) is 103 Å². The van der Waals surface area contributed by atoms with E-state index >= 15 is 0 Å². The van der Waals surface area contributed by atoms with Crippen molar-refractivity contribution in [2.24, 2.45) is 0 Å². The predicted octanol–water partition coefficient (Wildman–Crippen LogP) is 3.42. The molecule has 3 rings (SSSR count). The van der Waals surface area contributed by atoms with Crippen LogP contribution in [0.2, 0.25) is 5.02 Å². The molecule has 0 unspecified atom stereocenters. The van der Waals surface area contributed by atoms with Gasteiger partial charge < -0.3 is 24.3 Å². The smallest absolute Gasteiger partial charge is 0.255 e. The minimum Gasteiger partial charge on any atom is -0.495 e. The highest BCUT2D eigenvalue weighted by atomic mass is 35.5. The second-order valence-electron chi connectivity index (χ2n) is 7.17. The number of carbonyl (C=O) groups is 1. The number of halogens is 1. The van der Waals surface area contributed by atoms with E-state index in [0.717, 1.165) is 6.42 Å². The van der Waals surface area contributed by atoms with Crippen molar-refractivity contribution >= 4 is 33.2 Å². The third-order valence-corrected chi connectivity index (χ3v) is 7.14. The Morgan fingerprint density at radius 1 is 1.12 bits per heavy atom. The number of rotatable bonds is 9. The van der Waals surface area contributed by atoms with Crippen molar-refractivity contribution in [3.63, 3.8) is 0 Å². The number of amides is 1. The number of nitrogens with one attached hydrogen (secondary N) is 1. The summed E-state index contributed by atoms with van der Waals surface area (Å²) >= 11 is 6.32. The number of hydrogen-bond acceptors (Lipinski definition) is 7. The van der Waals surface area contributed by atoms with Crippen LogP contribution in [0, 0.1) is 0 Å². The van der Waals surface area contributed by atoms with Crippen LogP contribution in [0.5, 0.6) is 17.2 Å². The molecule has 2 aromatic rings. The monoisotopic (exact) mass is 498 g/mol. The Bertz CT molecular complexity index is 1100. The van der Waals surface area contributed by atoms with Crippen LogP contribution in [0.15, 0.2) is 35.2 Å². The number of methoxy groups -OCH3 is 2. The van der Waals surface area contributed by atoms with Crippen LogP contribution >= 0.6 is 11.6 Å². The Morgan fingerprint density at radius 3 is 2.45 bits per heavy atom. The molecule has 0 aromatic heterocycles. The molecule has 1 aliphatic heterocycles. The second kappa shape index (κ2) is 11.1. The van der Waals surface area contributed by atoms with Crippen molar-refractivity contribution in [3.05, 3.63) is 40.9 Å². The van der Waals surface area contributed by atoms with Crippen LogP contribution in [0.25, 0.3) is 0 Å². The maximum atomic E-state index is 13.0. The molecular formula is C22H27ClN2O7S. The molecule has 9 nitrogen and oxygen atoms in total. The van der Waals surface area contributed by atoms with E-state index in [1.54, 1.807) is 0 Å². The lowest BCUT2D eigenvalue weighted by Crippen LogP contribution is -2.40. The van der Waals surface area contributed by atoms with Gasteiger partial charge in [0.15, 0.2) is 11.5 Å². The second-order valence-corrected chi connectivity index (χ2v) is 9.52. The Labute approximate surface area is 198 Å². The van der Waals surface area contributed by atoms with Crippen LogP contribution in [0.1, 0.15) is 23.7 Å². The summed E-state index contributed by atoms with van der Waals surface area (Å²) in [5.74, 6) is 0.465. The van der Waals surface area contributed by atoms with E-state index in [1.165, 1.54) is 48.9 Å². The first-order valence-electron chi connectivity index (χ1n) is 10.4. The van der Waals surface area contributed by atoms with E-state index < -0.39 is 15.9 Å². The molecule has 0 bridgehead atoms. The Morgan fingerprint density at radius 2 is 1.82 bits per heavy atom. The molecule has 0 radical (unpaired) electrons. The number of benzene rings is 2. The lowest BCUT2D eigenvalue weighted by atomic mass is 10.1. The van der Waals surface area contributed by atoms with Gasteiger partial charge in [-0.05, 0) is 36.8 Å². The minimum absolute atomic E-state index is 0.0411. The summed E-state index contributed by atoms with van der Waals surface area (Å²) in [5.41, 5.74) is 0.419. The molecule has 1 N–H and O–H groups in total. The lowest BCUT2D eigenvalue weighted by Gasteiger charge is -2.26. The number of carbonyl (C=O) groups excluding carboxylic acids is 1. The van der Waals surface area contributed by atoms with Crippen LogP contribution < -0.4 is 19.5 Å². The summed E-state index contributed by atoms with van der Waals surface area (Å²) in [6.45, 7) is 3.60. The zero-order valence-corrected chi connectivity index (χ0v) is 20.3. The summed E-state index contributed by atoms with van der Waals surface area (Å²) in [7, 11) is -0.868. The fourth-order valence-electron chi connectivity index (χ4n) is 3.27. The van der Waals surface area contributed by atoms with Gasteiger partial charge in [0, 0.05) is 18.7 Å². The van der Waals surface area contributed by atoms with E-state index in [4.69, 9.17) is 30.5 Å². The Kier molecular flexibility index (Phi) is 8.41. The summed E-state index contributed by atoms with van der Waals surface area (Å²) in [4.78, 5) is 13.0. The van der Waals surface area contributed by atoms with E-state index in [1.807, 2.05) is 6.92 Å². The Balaban J connectivity index is 1.90. The third-order valence-electron chi connectivity index (χ3n) is 4.97. The SMILES string of the molecule is CCCOc1c(Cl)cc(C(=O)Nc2cc(S(=O)(=O)N3CCOCC3)ccc2OC)cc1OC. The van der Waals surface area contributed by atoms with E-state index in [2.05, 4.69) is 5.32 Å². The van der Waals surface area contributed by atoms with Gasteiger partial charge in [-0.25, -0.2) is 8.42 Å². The molecule has 0 saturated carbocycles. The minimum atomic E-state index is -3.75.